The lowest BCUT2D eigenvalue weighted by Crippen LogP contribution is -1.86. The Balaban J connectivity index is 0.000000133. The number of hydrogen-bond donors (Lipinski definition) is 0. The molecule has 0 saturated heterocycles. The lowest BCUT2D eigenvalue weighted by molar-refractivity contribution is 1.46. The van der Waals surface area contributed by atoms with Gasteiger partial charge in [-0.15, -0.1) is 45.3 Å². The predicted octanol–water partition coefficient (Wildman–Crippen LogP) is 33.2. The highest BCUT2D eigenvalue weighted by atomic mass is 32.1. The molecule has 0 N–H and O–H groups in total. The van der Waals surface area contributed by atoms with Crippen LogP contribution in [0.2, 0.25) is 0 Å². The molecule has 0 radical (unpaired) electrons. The average Bonchev–Trinajstić information content (AvgIpc) is 1.13. The molecule has 18 rings (SSSR count). The van der Waals surface area contributed by atoms with E-state index in [4.69, 9.17) is 0 Å². The summed E-state index contributed by atoms with van der Waals surface area (Å²) in [6, 6.07) is 139. The maximum atomic E-state index is 2.29. The van der Waals surface area contributed by atoms with Gasteiger partial charge in [0.1, 0.15) is 0 Å². The van der Waals surface area contributed by atoms with Crippen molar-refractivity contribution in [3.63, 3.8) is 0 Å². The maximum absolute atomic E-state index is 2.29. The second-order valence-electron chi connectivity index (χ2n) is 27.4. The van der Waals surface area contributed by atoms with Crippen molar-refractivity contribution in [2.24, 2.45) is 0 Å². The van der Waals surface area contributed by atoms with Crippen LogP contribution in [-0.4, -0.2) is 0 Å². The molecule has 0 atom stereocenters. The van der Waals surface area contributed by atoms with Crippen LogP contribution in [0.4, 0.5) is 0 Å². The number of aryl methyl sites for hydroxylation is 9. The van der Waals surface area contributed by atoms with Gasteiger partial charge in [-0.05, 0) is 280 Å². The quantitative estimate of drug-likeness (QED) is 0.128. The molecule has 5 heterocycles. The van der Waals surface area contributed by atoms with Crippen molar-refractivity contribution in [3.8, 4) is 111 Å². The van der Waals surface area contributed by atoms with Crippen LogP contribution in [0.1, 0.15) is 46.6 Å². The lowest BCUT2D eigenvalue weighted by atomic mass is 9.93. The van der Waals surface area contributed by atoms with Crippen LogP contribution < -0.4 is 0 Å². The minimum atomic E-state index is 1.24. The summed E-state index contributed by atoms with van der Waals surface area (Å²) < 4.78 is 0. The Morgan fingerprint density at radius 1 is 0.152 bits per heavy atom. The summed E-state index contributed by atoms with van der Waals surface area (Å²) in [5, 5.41) is 8.48. The first-order chi connectivity index (χ1) is 54.7. The van der Waals surface area contributed by atoms with Gasteiger partial charge in [0, 0.05) is 29.3 Å². The van der Waals surface area contributed by atoms with E-state index in [1.165, 1.54) is 157 Å². The van der Waals surface area contributed by atoms with Crippen LogP contribution in [0.15, 0.2) is 416 Å². The third kappa shape index (κ3) is 26.0. The van der Waals surface area contributed by atoms with Crippen molar-refractivity contribution in [3.05, 3.63) is 462 Å². The first-order valence-electron chi connectivity index (χ1n) is 37.8. The largest absolute Gasteiger partial charge is 0.152 e. The summed E-state index contributed by atoms with van der Waals surface area (Å²) in [5.41, 5.74) is 29.2. The summed E-state index contributed by atoms with van der Waals surface area (Å²) in [4.78, 5) is 8.28. The molecule has 0 aliphatic heterocycles. The number of thiophene rings is 5. The molecular weight excluding hydrogens is 1450 g/mol. The first kappa shape index (κ1) is 81.4. The van der Waals surface area contributed by atoms with Crippen LogP contribution in [0, 0.1) is 62.3 Å². The minimum absolute atomic E-state index is 1.24. The monoisotopic (exact) mass is 1540 g/mol. The molecule has 0 spiro atoms. The highest BCUT2D eigenvalue weighted by Crippen LogP contribution is 2.36. The molecule has 5 aromatic heterocycles. The van der Waals surface area contributed by atoms with E-state index < -0.39 is 0 Å². The van der Waals surface area contributed by atoms with Crippen molar-refractivity contribution in [2.45, 2.75) is 62.3 Å². The third-order valence-corrected chi connectivity index (χ3v) is 22.6. The second kappa shape index (κ2) is 43.1. The average molecular weight is 1540 g/mol. The zero-order valence-electron chi connectivity index (χ0n) is 65.4. The van der Waals surface area contributed by atoms with Crippen LogP contribution >= 0.6 is 56.7 Å². The molecule has 0 amide bonds. The highest BCUT2D eigenvalue weighted by molar-refractivity contribution is 7.15. The molecule has 0 bridgehead atoms. The van der Waals surface area contributed by atoms with Gasteiger partial charge in [-0.25, -0.2) is 0 Å². The number of rotatable bonds is 10. The Hall–Kier alpha value is -11.6. The van der Waals surface area contributed by atoms with Crippen LogP contribution in [0.5, 0.6) is 0 Å². The zero-order valence-corrected chi connectivity index (χ0v) is 69.5. The van der Waals surface area contributed by atoms with E-state index in [0.717, 1.165) is 0 Å². The Labute approximate surface area is 686 Å². The summed E-state index contributed by atoms with van der Waals surface area (Å²) in [6.07, 6.45) is 0. The Kier molecular flexibility index (Phi) is 31.3. The van der Waals surface area contributed by atoms with Gasteiger partial charge in [0.15, 0.2) is 0 Å². The van der Waals surface area contributed by atoms with E-state index in [2.05, 4.69) is 460 Å². The number of benzene rings is 13. The Bertz CT molecular complexity index is 5440. The van der Waals surface area contributed by atoms with Crippen molar-refractivity contribution in [1.29, 1.82) is 0 Å². The minimum Gasteiger partial charge on any atom is -0.152 e. The second-order valence-corrected chi connectivity index (χ2v) is 33.2. The standard InChI is InChI=1S/2C25H20.C19H16.2C11H10S.C6H8S.2C5H6S/c1-19-9-8-14-22(15-19)25-17-23(20-10-4-2-5-11-20)16-24(18-25)21-12-6-3-7-13-21;1-19-12-14-22(15-13-19)25-17-23(20-8-4-2-5-9-20)16-24(18-25)21-10-6-3-7-11-21;1-15-7-5-10-17(13-15)19-12-6-11-18(14-19)16-8-3-2-4-9-16;1-9-7-11(8-12-9)10-5-3-2-4-6-10;1-9-7-8-11(12-9)10-5-3-2-4-6-10;1-5-3-4-6(2)7-5;1-5-2-3-6-4-5;1-5-3-2-4-6-5/h2*2-18H,1H3;2-14H,1H3;2*2-8H,1H3;3-4H,1-2H3;2*2-4H,1H3. The zero-order chi connectivity index (χ0) is 78.1. The van der Waals surface area contributed by atoms with E-state index in [0.29, 0.717) is 0 Å². The molecular formula is C107H96S5. The van der Waals surface area contributed by atoms with Crippen molar-refractivity contribution in [2.75, 3.05) is 0 Å². The lowest BCUT2D eigenvalue weighted by Gasteiger charge is -2.11. The normalized spacial score (nSPS) is 10.2. The molecule has 5 heteroatoms. The van der Waals surface area contributed by atoms with Crippen LogP contribution in [0.3, 0.4) is 0 Å². The van der Waals surface area contributed by atoms with E-state index in [1.54, 1.807) is 34.0 Å². The Morgan fingerprint density at radius 2 is 0.473 bits per heavy atom. The molecule has 0 aliphatic carbocycles. The fraction of sp³-hybridized carbons (Fsp3) is 0.0841. The smallest absolute Gasteiger partial charge is 0.0345 e. The van der Waals surface area contributed by atoms with Gasteiger partial charge in [-0.3, -0.25) is 0 Å². The van der Waals surface area contributed by atoms with E-state index >= 15 is 0 Å². The van der Waals surface area contributed by atoms with E-state index in [1.807, 2.05) is 40.9 Å². The third-order valence-electron chi connectivity index (χ3n) is 18.2. The van der Waals surface area contributed by atoms with Crippen LogP contribution in [-0.2, 0) is 0 Å². The van der Waals surface area contributed by atoms with Gasteiger partial charge in [0.2, 0.25) is 0 Å². The summed E-state index contributed by atoms with van der Waals surface area (Å²) in [6.45, 7) is 19.1. The van der Waals surface area contributed by atoms with Gasteiger partial charge in [0.05, 0.1) is 0 Å². The first-order valence-corrected chi connectivity index (χ1v) is 42.2. The molecule has 0 fully saturated rings. The fourth-order valence-electron chi connectivity index (χ4n) is 12.3. The molecule has 0 aliphatic rings. The maximum Gasteiger partial charge on any atom is 0.0345 e. The Morgan fingerprint density at radius 3 is 0.777 bits per heavy atom. The van der Waals surface area contributed by atoms with Crippen molar-refractivity contribution < 1.29 is 0 Å². The summed E-state index contributed by atoms with van der Waals surface area (Å²) >= 11 is 9.00. The van der Waals surface area contributed by atoms with Gasteiger partial charge >= 0.3 is 0 Å². The van der Waals surface area contributed by atoms with Gasteiger partial charge in [0.25, 0.3) is 0 Å². The molecule has 0 unspecified atom stereocenters. The SMILES string of the molecule is Cc1cc(-c2ccccc2)cs1.Cc1ccc(-c2cc(-c3ccccc3)cc(-c3ccccc3)c2)cc1.Cc1ccc(-c2ccccc2)s1.Cc1ccc(C)s1.Cc1cccc(-c2cc(-c3ccccc3)cc(-c3ccccc3)c2)c1.Cc1cccc(-c2cccc(-c3ccccc3)c2)c1.Cc1cccs1.Cc1ccsc1. The molecule has 112 heavy (non-hydrogen) atoms. The molecule has 13 aromatic carbocycles. The van der Waals surface area contributed by atoms with E-state index in [-0.39, 0.29) is 0 Å². The summed E-state index contributed by atoms with van der Waals surface area (Å²) in [7, 11) is 0. The number of hydrogen-bond acceptors (Lipinski definition) is 5. The van der Waals surface area contributed by atoms with E-state index in [9.17, 15) is 0 Å². The molecule has 0 saturated carbocycles. The molecule has 18 aromatic rings. The molecule has 554 valence electrons. The highest BCUT2D eigenvalue weighted by Gasteiger charge is 2.11. The fourth-order valence-corrected chi connectivity index (χ4v) is 15.9. The van der Waals surface area contributed by atoms with Gasteiger partial charge in [-0.1, -0.05) is 326 Å². The van der Waals surface area contributed by atoms with Crippen molar-refractivity contribution in [1.82, 2.24) is 0 Å². The summed E-state index contributed by atoms with van der Waals surface area (Å²) in [5.74, 6) is 0. The topological polar surface area (TPSA) is 0 Å². The van der Waals surface area contributed by atoms with Gasteiger partial charge in [-0.2, -0.15) is 11.3 Å². The van der Waals surface area contributed by atoms with Crippen LogP contribution in [0.25, 0.3) is 111 Å². The van der Waals surface area contributed by atoms with Gasteiger partial charge < -0.3 is 0 Å². The van der Waals surface area contributed by atoms with Crippen molar-refractivity contribution >= 4 is 56.7 Å². The predicted molar refractivity (Wildman–Crippen MR) is 498 cm³/mol. The molecule has 0 nitrogen and oxygen atoms in total.